The van der Waals surface area contributed by atoms with E-state index in [1.165, 1.54) is 32.8 Å². The van der Waals surface area contributed by atoms with Gasteiger partial charge in [0.1, 0.15) is 0 Å². The van der Waals surface area contributed by atoms with Crippen molar-refractivity contribution in [3.63, 3.8) is 0 Å². The fourth-order valence-corrected chi connectivity index (χ4v) is 3.00. The van der Waals surface area contributed by atoms with Gasteiger partial charge in [-0.3, -0.25) is 11.3 Å². The lowest BCUT2D eigenvalue weighted by atomic mass is 9.94. The third-order valence-electron chi connectivity index (χ3n) is 4.06. The normalized spacial score (nSPS) is 17.6. The van der Waals surface area contributed by atoms with E-state index in [4.69, 9.17) is 10.6 Å². The third-order valence-corrected chi connectivity index (χ3v) is 4.06. The molecular weight excluding hydrogens is 243 g/mol. The molecule has 1 aromatic carbocycles. The Balaban J connectivity index is 2.01. The predicted octanol–water partition coefficient (Wildman–Crippen LogP) is 2.79. The Bertz CT molecular complexity index is 405. The monoisotopic (exact) mass is 266 g/mol. The lowest BCUT2D eigenvalue weighted by Gasteiger charge is -2.20. The number of benzene rings is 1. The number of halogens is 1. The Morgan fingerprint density at radius 1 is 1.42 bits per heavy atom. The summed E-state index contributed by atoms with van der Waals surface area (Å²) in [5.74, 6) is 6.38. The van der Waals surface area contributed by atoms with E-state index in [0.29, 0.717) is 17.7 Å². The Hall–Kier alpha value is -1.13. The van der Waals surface area contributed by atoms with Crippen molar-refractivity contribution in [3.8, 4) is 5.75 Å². The van der Waals surface area contributed by atoms with Gasteiger partial charge in [0.25, 0.3) is 0 Å². The van der Waals surface area contributed by atoms with Crippen LogP contribution in [0.5, 0.6) is 5.75 Å². The van der Waals surface area contributed by atoms with Gasteiger partial charge in [-0.1, -0.05) is 37.8 Å². The zero-order valence-corrected chi connectivity index (χ0v) is 11.5. The summed E-state index contributed by atoms with van der Waals surface area (Å²) in [5, 5.41) is 0. The summed E-state index contributed by atoms with van der Waals surface area (Å²) in [5.41, 5.74) is 3.50. The van der Waals surface area contributed by atoms with E-state index in [9.17, 15) is 4.39 Å². The molecule has 0 bridgehead atoms. The average molecular weight is 266 g/mol. The van der Waals surface area contributed by atoms with Gasteiger partial charge >= 0.3 is 0 Å². The van der Waals surface area contributed by atoms with Crippen LogP contribution in [-0.4, -0.2) is 13.2 Å². The summed E-state index contributed by atoms with van der Waals surface area (Å²) >= 11 is 0. The van der Waals surface area contributed by atoms with Gasteiger partial charge in [-0.25, -0.2) is 4.39 Å². The van der Waals surface area contributed by atoms with E-state index in [0.717, 1.165) is 12.3 Å². The molecule has 0 heterocycles. The van der Waals surface area contributed by atoms with Crippen LogP contribution in [0, 0.1) is 11.7 Å². The maximum absolute atomic E-state index is 14.1. The van der Waals surface area contributed by atoms with Crippen molar-refractivity contribution in [3.05, 3.63) is 29.6 Å². The van der Waals surface area contributed by atoms with E-state index in [1.54, 1.807) is 12.1 Å². The highest BCUT2D eigenvalue weighted by atomic mass is 19.1. The summed E-state index contributed by atoms with van der Waals surface area (Å²) in [7, 11) is 1.49. The van der Waals surface area contributed by atoms with Gasteiger partial charge in [0, 0.05) is 6.04 Å². The first-order valence-electron chi connectivity index (χ1n) is 7.02. The van der Waals surface area contributed by atoms with Crippen LogP contribution in [0.2, 0.25) is 0 Å². The first-order chi connectivity index (χ1) is 9.24. The second kappa shape index (κ2) is 6.87. The van der Waals surface area contributed by atoms with Crippen molar-refractivity contribution in [2.75, 3.05) is 7.11 Å². The van der Waals surface area contributed by atoms with Gasteiger partial charge < -0.3 is 4.74 Å². The van der Waals surface area contributed by atoms with Crippen molar-refractivity contribution in [1.82, 2.24) is 5.43 Å². The molecule has 0 saturated heterocycles. The molecule has 3 N–H and O–H groups in total. The largest absolute Gasteiger partial charge is 0.494 e. The fourth-order valence-electron chi connectivity index (χ4n) is 3.00. The molecule has 0 amide bonds. The lowest BCUT2D eigenvalue weighted by molar-refractivity contribution is 0.371. The highest BCUT2D eigenvalue weighted by molar-refractivity contribution is 5.31. The first kappa shape index (κ1) is 14.3. The van der Waals surface area contributed by atoms with E-state index in [-0.39, 0.29) is 11.9 Å². The van der Waals surface area contributed by atoms with Crippen LogP contribution < -0.4 is 16.0 Å². The Morgan fingerprint density at radius 2 is 2.16 bits per heavy atom. The molecule has 1 saturated carbocycles. The van der Waals surface area contributed by atoms with Crippen molar-refractivity contribution in [2.24, 2.45) is 11.8 Å². The molecule has 1 aromatic rings. The lowest BCUT2D eigenvalue weighted by Crippen LogP contribution is -2.38. The Labute approximate surface area is 114 Å². The van der Waals surface area contributed by atoms with Gasteiger partial charge in [-0.05, 0) is 30.4 Å². The molecule has 0 aliphatic heterocycles. The van der Waals surface area contributed by atoms with Gasteiger partial charge in [-0.15, -0.1) is 0 Å². The number of nitrogens with one attached hydrogen (secondary N) is 1. The molecule has 0 radical (unpaired) electrons. The molecule has 3 nitrogen and oxygen atoms in total. The van der Waals surface area contributed by atoms with E-state index in [1.807, 2.05) is 6.07 Å². The van der Waals surface area contributed by atoms with Gasteiger partial charge in [0.05, 0.1) is 7.11 Å². The molecular formula is C15H23FN2O. The minimum absolute atomic E-state index is 0.129. The zero-order valence-electron chi connectivity index (χ0n) is 11.5. The molecule has 1 fully saturated rings. The van der Waals surface area contributed by atoms with Crippen molar-refractivity contribution >= 4 is 0 Å². The highest BCUT2D eigenvalue weighted by Crippen LogP contribution is 2.30. The number of hydrogen-bond acceptors (Lipinski definition) is 3. The maximum atomic E-state index is 14.1. The van der Waals surface area contributed by atoms with Crippen molar-refractivity contribution in [1.29, 1.82) is 0 Å². The quantitative estimate of drug-likeness (QED) is 0.615. The Morgan fingerprint density at radius 3 is 2.79 bits per heavy atom. The van der Waals surface area contributed by atoms with E-state index < -0.39 is 0 Å². The topological polar surface area (TPSA) is 47.3 Å². The fraction of sp³-hybridized carbons (Fsp3) is 0.600. The number of methoxy groups -OCH3 is 1. The standard InChI is InChI=1S/C15H23FN2O/c1-19-14-8-4-7-12(15(14)16)10-13(18-17)9-11-5-2-3-6-11/h4,7-8,11,13,18H,2-3,5-6,9-10,17H2,1H3. The van der Waals surface area contributed by atoms with E-state index in [2.05, 4.69) is 5.43 Å². The molecule has 4 heteroatoms. The van der Waals surface area contributed by atoms with Crippen LogP contribution in [0.1, 0.15) is 37.7 Å². The minimum atomic E-state index is -0.267. The molecule has 0 aromatic heterocycles. The van der Waals surface area contributed by atoms with Crippen molar-refractivity contribution in [2.45, 2.75) is 44.6 Å². The molecule has 1 unspecified atom stereocenters. The summed E-state index contributed by atoms with van der Waals surface area (Å²) in [6.45, 7) is 0. The second-order valence-electron chi connectivity index (χ2n) is 5.39. The zero-order chi connectivity index (χ0) is 13.7. The number of hydrazine groups is 1. The average Bonchev–Trinajstić information content (AvgIpc) is 2.93. The minimum Gasteiger partial charge on any atom is -0.494 e. The van der Waals surface area contributed by atoms with Crippen LogP contribution in [0.15, 0.2) is 18.2 Å². The second-order valence-corrected chi connectivity index (χ2v) is 5.39. The van der Waals surface area contributed by atoms with Crippen LogP contribution in [-0.2, 0) is 6.42 Å². The number of hydrogen-bond donors (Lipinski definition) is 2. The molecule has 0 spiro atoms. The maximum Gasteiger partial charge on any atom is 0.168 e. The van der Waals surface area contributed by atoms with E-state index >= 15 is 0 Å². The number of ether oxygens (including phenoxy) is 1. The molecule has 1 atom stereocenters. The molecule has 2 rings (SSSR count). The Kier molecular flexibility index (Phi) is 5.16. The SMILES string of the molecule is COc1cccc(CC(CC2CCCC2)NN)c1F. The van der Waals surface area contributed by atoms with Crippen LogP contribution in [0.25, 0.3) is 0 Å². The highest BCUT2D eigenvalue weighted by Gasteiger charge is 2.21. The summed E-state index contributed by atoms with van der Waals surface area (Å²) in [4.78, 5) is 0. The van der Waals surface area contributed by atoms with Crippen LogP contribution in [0.3, 0.4) is 0 Å². The molecule has 19 heavy (non-hydrogen) atoms. The first-order valence-corrected chi connectivity index (χ1v) is 7.02. The smallest absolute Gasteiger partial charge is 0.168 e. The van der Waals surface area contributed by atoms with Gasteiger partial charge in [0.2, 0.25) is 0 Å². The van der Waals surface area contributed by atoms with Crippen molar-refractivity contribution < 1.29 is 9.13 Å². The summed E-state index contributed by atoms with van der Waals surface area (Å²) < 4.78 is 19.1. The summed E-state index contributed by atoms with van der Waals surface area (Å²) in [6, 6.07) is 5.39. The molecule has 106 valence electrons. The molecule has 1 aliphatic rings. The number of nitrogens with two attached hydrogens (primary N) is 1. The van der Waals surface area contributed by atoms with Crippen LogP contribution in [0.4, 0.5) is 4.39 Å². The van der Waals surface area contributed by atoms with Crippen LogP contribution >= 0.6 is 0 Å². The van der Waals surface area contributed by atoms with Gasteiger partial charge in [0.15, 0.2) is 11.6 Å². The molecule has 1 aliphatic carbocycles. The third kappa shape index (κ3) is 3.67. The number of rotatable bonds is 6. The summed E-state index contributed by atoms with van der Waals surface area (Å²) in [6.07, 6.45) is 6.81. The van der Waals surface area contributed by atoms with Gasteiger partial charge in [-0.2, -0.15) is 0 Å². The predicted molar refractivity (Wildman–Crippen MR) is 74.3 cm³/mol.